The predicted molar refractivity (Wildman–Crippen MR) is 106 cm³/mol. The van der Waals surface area contributed by atoms with Crippen LogP contribution in [0.1, 0.15) is 20.3 Å². The number of nitrogen functional groups attached to an aromatic ring is 1. The van der Waals surface area contributed by atoms with E-state index in [9.17, 15) is 10.1 Å². The molecule has 28 heavy (non-hydrogen) atoms. The van der Waals surface area contributed by atoms with Gasteiger partial charge in [-0.05, 0) is 26.8 Å². The van der Waals surface area contributed by atoms with Crippen LogP contribution in [0.4, 0.5) is 23.3 Å². The zero-order chi connectivity index (χ0) is 20.1. The van der Waals surface area contributed by atoms with Crippen LogP contribution in [-0.2, 0) is 9.47 Å². The van der Waals surface area contributed by atoms with Gasteiger partial charge in [0.2, 0.25) is 17.6 Å². The molecule has 11 nitrogen and oxygen atoms in total. The van der Waals surface area contributed by atoms with E-state index < -0.39 is 4.92 Å². The maximum Gasteiger partial charge on any atom is 0.353 e. The Hall–Kier alpha value is -2.24. The first kappa shape index (κ1) is 20.5. The van der Waals surface area contributed by atoms with Gasteiger partial charge in [0, 0.05) is 32.7 Å². The van der Waals surface area contributed by atoms with Crippen LogP contribution >= 0.6 is 0 Å². The number of hydrogen-bond donors (Lipinski definition) is 2. The lowest BCUT2D eigenvalue weighted by atomic mass is 10.2. The molecular formula is C17H29N7O4. The zero-order valence-corrected chi connectivity index (χ0v) is 16.5. The van der Waals surface area contributed by atoms with Crippen LogP contribution in [0, 0.1) is 10.1 Å². The summed E-state index contributed by atoms with van der Waals surface area (Å²) in [4.78, 5) is 23.7. The van der Waals surface area contributed by atoms with E-state index in [1.807, 2.05) is 18.7 Å². The quantitative estimate of drug-likeness (QED) is 0.386. The molecule has 0 aromatic carbocycles. The number of anilines is 3. The summed E-state index contributed by atoms with van der Waals surface area (Å²) < 4.78 is 11.1. The lowest BCUT2D eigenvalue weighted by molar-refractivity contribution is -0.383. The molecule has 1 aromatic heterocycles. The molecule has 3 N–H and O–H groups in total. The maximum atomic E-state index is 11.5. The van der Waals surface area contributed by atoms with Crippen molar-refractivity contribution in [2.45, 2.75) is 32.5 Å². The van der Waals surface area contributed by atoms with Crippen LogP contribution in [0.15, 0.2) is 0 Å². The van der Waals surface area contributed by atoms with Crippen LogP contribution in [0.3, 0.4) is 0 Å². The number of aromatic nitrogens is 2. The van der Waals surface area contributed by atoms with E-state index in [1.165, 1.54) is 0 Å². The second-order valence-corrected chi connectivity index (χ2v) is 7.26. The molecule has 2 aliphatic rings. The minimum absolute atomic E-state index is 0.0514. The van der Waals surface area contributed by atoms with Crippen LogP contribution in [0.5, 0.6) is 0 Å². The number of nitrogens with one attached hydrogen (secondary N) is 1. The van der Waals surface area contributed by atoms with Gasteiger partial charge in [-0.25, -0.2) is 0 Å². The molecule has 2 fully saturated rings. The zero-order valence-electron chi connectivity index (χ0n) is 16.5. The molecule has 0 spiro atoms. The molecule has 0 bridgehead atoms. The van der Waals surface area contributed by atoms with E-state index in [2.05, 4.69) is 20.2 Å². The van der Waals surface area contributed by atoms with Crippen molar-refractivity contribution in [3.8, 4) is 0 Å². The Balaban J connectivity index is 1.68. The van der Waals surface area contributed by atoms with E-state index in [1.54, 1.807) is 0 Å². The highest BCUT2D eigenvalue weighted by molar-refractivity contribution is 5.71. The fraction of sp³-hybridized carbons (Fsp3) is 0.765. The van der Waals surface area contributed by atoms with Gasteiger partial charge in [0.25, 0.3) is 0 Å². The molecule has 0 saturated carbocycles. The number of ether oxygens (including phenoxy) is 2. The topological polar surface area (TPSA) is 132 Å². The van der Waals surface area contributed by atoms with Crippen molar-refractivity contribution in [2.75, 3.05) is 68.4 Å². The summed E-state index contributed by atoms with van der Waals surface area (Å²) in [5.41, 5.74) is 5.66. The molecule has 3 rings (SSSR count). The second-order valence-electron chi connectivity index (χ2n) is 7.26. The average molecular weight is 395 g/mol. The molecule has 2 atom stereocenters. The van der Waals surface area contributed by atoms with Gasteiger partial charge >= 0.3 is 5.69 Å². The van der Waals surface area contributed by atoms with Gasteiger partial charge in [0.05, 0.1) is 30.3 Å². The van der Waals surface area contributed by atoms with E-state index in [0.717, 1.165) is 39.3 Å². The minimum atomic E-state index is -0.516. The Morgan fingerprint density at radius 2 is 1.93 bits per heavy atom. The SMILES string of the molecule is C[C@@H]1CN(c2nc(NCCCN3CCOCC3)nc(N)c2[N+](=O)[O-])C[C@H](C)O1. The second kappa shape index (κ2) is 9.30. The molecule has 0 unspecified atom stereocenters. The molecular weight excluding hydrogens is 366 g/mol. The third-order valence-electron chi connectivity index (χ3n) is 4.83. The molecule has 2 aliphatic heterocycles. The van der Waals surface area contributed by atoms with Crippen molar-refractivity contribution in [3.05, 3.63) is 10.1 Å². The van der Waals surface area contributed by atoms with Crippen LogP contribution in [0.2, 0.25) is 0 Å². The van der Waals surface area contributed by atoms with Crippen LogP contribution in [-0.4, -0.2) is 84.5 Å². The first-order valence-electron chi connectivity index (χ1n) is 9.70. The van der Waals surface area contributed by atoms with E-state index in [-0.39, 0.29) is 29.5 Å². The summed E-state index contributed by atoms with van der Waals surface area (Å²) in [6, 6.07) is 0. The van der Waals surface area contributed by atoms with Gasteiger partial charge in [-0.15, -0.1) is 0 Å². The summed E-state index contributed by atoms with van der Waals surface area (Å²) in [5.74, 6) is 0.430. The number of nitro groups is 1. The lowest BCUT2D eigenvalue weighted by Gasteiger charge is -2.35. The van der Waals surface area contributed by atoms with Crippen LogP contribution in [0.25, 0.3) is 0 Å². The molecule has 1 aromatic rings. The highest BCUT2D eigenvalue weighted by Crippen LogP contribution is 2.33. The Labute approximate surface area is 164 Å². The van der Waals surface area contributed by atoms with E-state index >= 15 is 0 Å². The standard InChI is InChI=1S/C17H29N7O4/c1-12-10-23(11-13(2)28-12)16-14(24(25)26)15(18)20-17(21-16)19-4-3-5-22-6-8-27-9-7-22/h12-13H,3-11H2,1-2H3,(H3,18,19,20,21)/t12-,13+. The molecule has 156 valence electrons. The Bertz CT molecular complexity index is 674. The van der Waals surface area contributed by atoms with Gasteiger partial charge in [-0.2, -0.15) is 9.97 Å². The fourth-order valence-corrected chi connectivity index (χ4v) is 3.61. The third kappa shape index (κ3) is 5.18. The van der Waals surface area contributed by atoms with Gasteiger partial charge in [0.15, 0.2) is 0 Å². The van der Waals surface area contributed by atoms with Gasteiger partial charge in [-0.1, -0.05) is 0 Å². The Morgan fingerprint density at radius 3 is 2.57 bits per heavy atom. The number of hydrogen-bond acceptors (Lipinski definition) is 10. The Morgan fingerprint density at radius 1 is 1.25 bits per heavy atom. The molecule has 11 heteroatoms. The van der Waals surface area contributed by atoms with E-state index in [0.29, 0.717) is 25.6 Å². The van der Waals surface area contributed by atoms with Gasteiger partial charge in [0.1, 0.15) is 0 Å². The number of nitrogens with zero attached hydrogens (tertiary/aromatic N) is 5. The normalized spacial score (nSPS) is 23.6. The number of rotatable bonds is 7. The van der Waals surface area contributed by atoms with Gasteiger partial charge in [-0.3, -0.25) is 15.0 Å². The fourth-order valence-electron chi connectivity index (χ4n) is 3.61. The highest BCUT2D eigenvalue weighted by atomic mass is 16.6. The third-order valence-corrected chi connectivity index (χ3v) is 4.83. The maximum absolute atomic E-state index is 11.5. The number of morpholine rings is 2. The van der Waals surface area contributed by atoms with E-state index in [4.69, 9.17) is 15.2 Å². The van der Waals surface area contributed by atoms with Crippen LogP contribution < -0.4 is 16.0 Å². The summed E-state index contributed by atoms with van der Waals surface area (Å²) in [6.45, 7) is 9.93. The smallest absolute Gasteiger partial charge is 0.353 e. The predicted octanol–water partition coefficient (Wildman–Crippen LogP) is 0.715. The summed E-state index contributed by atoms with van der Waals surface area (Å²) >= 11 is 0. The van der Waals surface area contributed by atoms with Crippen molar-refractivity contribution in [3.63, 3.8) is 0 Å². The first-order valence-corrected chi connectivity index (χ1v) is 9.70. The van der Waals surface area contributed by atoms with Crippen molar-refractivity contribution in [2.24, 2.45) is 0 Å². The summed E-state index contributed by atoms with van der Waals surface area (Å²) in [6.07, 6.45) is 0.801. The largest absolute Gasteiger partial charge is 0.379 e. The van der Waals surface area contributed by atoms with Crippen molar-refractivity contribution < 1.29 is 14.4 Å². The van der Waals surface area contributed by atoms with Crippen molar-refractivity contribution in [1.82, 2.24) is 14.9 Å². The molecule has 0 radical (unpaired) electrons. The monoisotopic (exact) mass is 395 g/mol. The molecule has 3 heterocycles. The summed E-state index contributed by atoms with van der Waals surface area (Å²) in [5, 5.41) is 14.7. The van der Waals surface area contributed by atoms with Crippen molar-refractivity contribution >= 4 is 23.3 Å². The minimum Gasteiger partial charge on any atom is -0.379 e. The average Bonchev–Trinajstić information content (AvgIpc) is 2.64. The first-order chi connectivity index (χ1) is 13.4. The van der Waals surface area contributed by atoms with Crippen molar-refractivity contribution in [1.29, 1.82) is 0 Å². The Kier molecular flexibility index (Phi) is 6.81. The van der Waals surface area contributed by atoms with Gasteiger partial charge < -0.3 is 25.4 Å². The molecule has 0 amide bonds. The molecule has 2 saturated heterocycles. The summed E-state index contributed by atoms with van der Waals surface area (Å²) in [7, 11) is 0. The highest BCUT2D eigenvalue weighted by Gasteiger charge is 2.32. The number of nitrogens with two attached hydrogens (primary N) is 1. The molecule has 0 aliphatic carbocycles. The lowest BCUT2D eigenvalue weighted by Crippen LogP contribution is -2.46.